The Kier molecular flexibility index (Phi) is 5.88. The predicted octanol–water partition coefficient (Wildman–Crippen LogP) is 0.769. The fraction of sp³-hybridized carbons (Fsp3) is 0.222. The molecule has 0 spiro atoms. The number of amides is 2. The predicted molar refractivity (Wildman–Crippen MR) is 89.4 cm³/mol. The molecule has 0 fully saturated rings. The molecule has 0 saturated carbocycles. The van der Waals surface area contributed by atoms with Crippen molar-refractivity contribution in [3.63, 3.8) is 0 Å². The Hall–Kier alpha value is -2.66. The molecule has 2 unspecified atom stereocenters. The van der Waals surface area contributed by atoms with E-state index in [9.17, 15) is 9.59 Å². The van der Waals surface area contributed by atoms with Gasteiger partial charge >= 0.3 is 0 Å². The van der Waals surface area contributed by atoms with Gasteiger partial charge < -0.3 is 16.8 Å². The Morgan fingerprint density at radius 1 is 0.870 bits per heavy atom. The molecule has 5 N–H and O–H groups in total. The van der Waals surface area contributed by atoms with Crippen molar-refractivity contribution in [2.45, 2.75) is 24.9 Å². The summed E-state index contributed by atoms with van der Waals surface area (Å²) in [7, 11) is 0. The maximum Gasteiger partial charge on any atom is 0.240 e. The van der Waals surface area contributed by atoms with Gasteiger partial charge in [0.25, 0.3) is 0 Å². The highest BCUT2D eigenvalue weighted by atomic mass is 16.2. The third-order valence-electron chi connectivity index (χ3n) is 3.58. The lowest BCUT2D eigenvalue weighted by atomic mass is 10.0. The number of hydrogen-bond donors (Lipinski definition) is 3. The van der Waals surface area contributed by atoms with Crippen LogP contribution in [0.5, 0.6) is 0 Å². The molecule has 0 aliphatic rings. The quantitative estimate of drug-likeness (QED) is 0.704. The second-order valence-electron chi connectivity index (χ2n) is 5.45. The average molecular weight is 311 g/mol. The van der Waals surface area contributed by atoms with Crippen LogP contribution < -0.4 is 16.8 Å². The van der Waals surface area contributed by atoms with E-state index in [4.69, 9.17) is 11.5 Å². The van der Waals surface area contributed by atoms with Crippen molar-refractivity contribution in [3.05, 3.63) is 71.8 Å². The Bertz CT molecular complexity index is 644. The zero-order valence-electron chi connectivity index (χ0n) is 12.8. The zero-order chi connectivity index (χ0) is 16.7. The molecule has 0 aliphatic carbocycles. The largest absolute Gasteiger partial charge is 0.368 e. The van der Waals surface area contributed by atoms with Crippen LogP contribution >= 0.6 is 0 Å². The lowest BCUT2D eigenvalue weighted by molar-refractivity contribution is -0.128. The van der Waals surface area contributed by atoms with Crippen LogP contribution in [0.25, 0.3) is 0 Å². The third kappa shape index (κ3) is 5.23. The first-order chi connectivity index (χ1) is 11.1. The molecular weight excluding hydrogens is 290 g/mol. The smallest absolute Gasteiger partial charge is 0.240 e. The van der Waals surface area contributed by atoms with Crippen molar-refractivity contribution >= 4 is 11.8 Å². The lowest BCUT2D eigenvalue weighted by Crippen LogP contribution is -2.51. The van der Waals surface area contributed by atoms with E-state index < -0.39 is 18.0 Å². The van der Waals surface area contributed by atoms with Gasteiger partial charge in [-0.05, 0) is 17.5 Å². The van der Waals surface area contributed by atoms with Gasteiger partial charge in [-0.2, -0.15) is 0 Å². The van der Waals surface area contributed by atoms with Crippen LogP contribution in [0.4, 0.5) is 0 Å². The maximum absolute atomic E-state index is 12.2. The van der Waals surface area contributed by atoms with Gasteiger partial charge in [0, 0.05) is 6.42 Å². The molecule has 120 valence electrons. The van der Waals surface area contributed by atoms with E-state index >= 15 is 0 Å². The van der Waals surface area contributed by atoms with Gasteiger partial charge in [0.1, 0.15) is 6.04 Å². The number of carbonyl (C=O) groups excluding carboxylic acids is 2. The Labute approximate surface area is 135 Å². The fourth-order valence-electron chi connectivity index (χ4n) is 2.31. The minimum Gasteiger partial charge on any atom is -0.368 e. The number of rotatable bonds is 7. The zero-order valence-corrected chi connectivity index (χ0v) is 12.8. The van der Waals surface area contributed by atoms with Gasteiger partial charge in [0.15, 0.2) is 0 Å². The van der Waals surface area contributed by atoms with Crippen molar-refractivity contribution in [2.75, 3.05) is 0 Å². The summed E-state index contributed by atoms with van der Waals surface area (Å²) >= 11 is 0. The normalized spacial score (nSPS) is 13.1. The van der Waals surface area contributed by atoms with Crippen LogP contribution in [-0.2, 0) is 22.4 Å². The van der Waals surface area contributed by atoms with E-state index in [1.807, 2.05) is 60.7 Å². The first-order valence-electron chi connectivity index (χ1n) is 7.49. The van der Waals surface area contributed by atoms with Crippen LogP contribution in [0, 0.1) is 0 Å². The van der Waals surface area contributed by atoms with Crippen LogP contribution in [0.15, 0.2) is 60.7 Å². The third-order valence-corrected chi connectivity index (χ3v) is 3.58. The summed E-state index contributed by atoms with van der Waals surface area (Å²) in [5.41, 5.74) is 13.2. The van der Waals surface area contributed by atoms with Crippen LogP contribution in [0.1, 0.15) is 11.1 Å². The highest BCUT2D eigenvalue weighted by molar-refractivity contribution is 5.89. The average Bonchev–Trinajstić information content (AvgIpc) is 2.56. The molecule has 2 atom stereocenters. The van der Waals surface area contributed by atoms with Gasteiger partial charge in [-0.3, -0.25) is 9.59 Å². The summed E-state index contributed by atoms with van der Waals surface area (Å²) in [6.07, 6.45) is 0.753. The summed E-state index contributed by atoms with van der Waals surface area (Å²) in [6, 6.07) is 17.4. The lowest BCUT2D eigenvalue weighted by Gasteiger charge is -2.18. The van der Waals surface area contributed by atoms with Crippen LogP contribution in [0.2, 0.25) is 0 Å². The van der Waals surface area contributed by atoms with Crippen molar-refractivity contribution in [3.8, 4) is 0 Å². The highest BCUT2D eigenvalue weighted by Crippen LogP contribution is 2.05. The molecule has 0 aromatic heterocycles. The van der Waals surface area contributed by atoms with Gasteiger partial charge in [0.05, 0.1) is 6.04 Å². The molecule has 5 nitrogen and oxygen atoms in total. The molecule has 2 amide bonds. The fourth-order valence-corrected chi connectivity index (χ4v) is 2.31. The Balaban J connectivity index is 1.96. The Morgan fingerprint density at radius 3 is 1.83 bits per heavy atom. The molecule has 0 radical (unpaired) electrons. The minimum absolute atomic E-state index is 0.347. The summed E-state index contributed by atoms with van der Waals surface area (Å²) in [5.74, 6) is -0.956. The number of primary amides is 1. The summed E-state index contributed by atoms with van der Waals surface area (Å²) in [6.45, 7) is 0. The van der Waals surface area contributed by atoms with Crippen molar-refractivity contribution < 1.29 is 9.59 Å². The first kappa shape index (κ1) is 16.7. The van der Waals surface area contributed by atoms with E-state index in [2.05, 4.69) is 5.32 Å². The SMILES string of the molecule is NC(=O)C(Cc1ccccc1)NC(=O)C(N)Cc1ccccc1. The van der Waals surface area contributed by atoms with Gasteiger partial charge in [0.2, 0.25) is 11.8 Å². The molecule has 2 aromatic rings. The standard InChI is InChI=1S/C18H21N3O2/c19-15(11-13-7-3-1-4-8-13)18(23)21-16(17(20)22)12-14-9-5-2-6-10-14/h1-10,15-16H,11-12,19H2,(H2,20,22)(H,21,23). The number of nitrogens with two attached hydrogens (primary N) is 2. The van der Waals surface area contributed by atoms with Gasteiger partial charge in [-0.25, -0.2) is 0 Å². The van der Waals surface area contributed by atoms with Gasteiger partial charge in [-0.1, -0.05) is 60.7 Å². The second-order valence-corrected chi connectivity index (χ2v) is 5.45. The molecule has 23 heavy (non-hydrogen) atoms. The summed E-state index contributed by atoms with van der Waals surface area (Å²) < 4.78 is 0. The van der Waals surface area contributed by atoms with E-state index in [0.29, 0.717) is 12.8 Å². The molecular formula is C18H21N3O2. The van der Waals surface area contributed by atoms with Crippen LogP contribution in [0.3, 0.4) is 0 Å². The first-order valence-corrected chi connectivity index (χ1v) is 7.49. The Morgan fingerprint density at radius 2 is 1.35 bits per heavy atom. The molecule has 2 rings (SSSR count). The molecule has 5 heteroatoms. The number of nitrogens with one attached hydrogen (secondary N) is 1. The minimum atomic E-state index is -0.772. The van der Waals surface area contributed by atoms with E-state index in [1.54, 1.807) is 0 Å². The summed E-state index contributed by atoms with van der Waals surface area (Å²) in [4.78, 5) is 23.8. The molecule has 0 heterocycles. The molecule has 0 bridgehead atoms. The van der Waals surface area contributed by atoms with Crippen molar-refractivity contribution in [1.29, 1.82) is 0 Å². The van der Waals surface area contributed by atoms with E-state index in [-0.39, 0.29) is 5.91 Å². The van der Waals surface area contributed by atoms with Crippen molar-refractivity contribution in [2.24, 2.45) is 11.5 Å². The number of benzene rings is 2. The molecule has 0 saturated heterocycles. The molecule has 2 aromatic carbocycles. The monoisotopic (exact) mass is 311 g/mol. The van der Waals surface area contributed by atoms with E-state index in [0.717, 1.165) is 11.1 Å². The van der Waals surface area contributed by atoms with Gasteiger partial charge in [-0.15, -0.1) is 0 Å². The highest BCUT2D eigenvalue weighted by Gasteiger charge is 2.22. The van der Waals surface area contributed by atoms with Crippen LogP contribution in [-0.4, -0.2) is 23.9 Å². The second kappa shape index (κ2) is 8.10. The van der Waals surface area contributed by atoms with Crippen molar-refractivity contribution in [1.82, 2.24) is 5.32 Å². The van der Waals surface area contributed by atoms with E-state index in [1.165, 1.54) is 0 Å². The number of carbonyl (C=O) groups is 2. The topological polar surface area (TPSA) is 98.2 Å². The molecule has 0 aliphatic heterocycles. The number of hydrogen-bond acceptors (Lipinski definition) is 3. The maximum atomic E-state index is 12.2. The summed E-state index contributed by atoms with van der Waals surface area (Å²) in [5, 5.41) is 2.65.